The topological polar surface area (TPSA) is 44.8 Å². The third kappa shape index (κ3) is 2.54. The Labute approximate surface area is 142 Å². The van der Waals surface area contributed by atoms with Crippen molar-refractivity contribution in [2.45, 2.75) is 12.6 Å². The van der Waals surface area contributed by atoms with Gasteiger partial charge in [0.2, 0.25) is 0 Å². The van der Waals surface area contributed by atoms with Crippen molar-refractivity contribution in [1.82, 2.24) is 15.2 Å². The van der Waals surface area contributed by atoms with Gasteiger partial charge in [-0.15, -0.1) is 0 Å². The van der Waals surface area contributed by atoms with Crippen LogP contribution >= 0.6 is 23.2 Å². The number of alkyl halides is 1. The Morgan fingerprint density at radius 2 is 2.17 bits per heavy atom. The molecule has 2 aromatic heterocycles. The molecule has 4 nitrogen and oxygen atoms in total. The number of hydrogen-bond donors (Lipinski definition) is 1. The number of H-pyrrole nitrogens is 1. The highest BCUT2D eigenvalue weighted by Gasteiger charge is 2.24. The van der Waals surface area contributed by atoms with Crippen molar-refractivity contribution in [3.63, 3.8) is 0 Å². The van der Waals surface area contributed by atoms with E-state index in [4.69, 9.17) is 23.2 Å². The van der Waals surface area contributed by atoms with E-state index in [2.05, 4.69) is 15.2 Å². The van der Waals surface area contributed by atoms with Crippen LogP contribution in [0.4, 0.5) is 10.2 Å². The molecule has 3 aromatic rings. The van der Waals surface area contributed by atoms with Crippen LogP contribution in [-0.2, 0) is 0 Å². The molecule has 0 saturated carbocycles. The maximum atomic E-state index is 13.6. The fourth-order valence-corrected chi connectivity index (χ4v) is 3.30. The van der Waals surface area contributed by atoms with Crippen molar-refractivity contribution in [3.8, 4) is 11.1 Å². The van der Waals surface area contributed by atoms with Gasteiger partial charge < -0.3 is 4.90 Å². The Hall–Kier alpha value is -1.85. The van der Waals surface area contributed by atoms with Crippen LogP contribution in [0.25, 0.3) is 22.0 Å². The van der Waals surface area contributed by atoms with E-state index < -0.39 is 6.17 Å². The van der Waals surface area contributed by atoms with E-state index in [0.29, 0.717) is 40.9 Å². The minimum atomic E-state index is -0.820. The van der Waals surface area contributed by atoms with Gasteiger partial charge in [-0.05, 0) is 24.1 Å². The summed E-state index contributed by atoms with van der Waals surface area (Å²) in [5.74, 6) is 0.706. The van der Waals surface area contributed by atoms with E-state index in [1.54, 1.807) is 12.3 Å². The molecule has 1 atom stereocenters. The number of fused-ring (bicyclic) bond motifs is 1. The Morgan fingerprint density at radius 1 is 1.30 bits per heavy atom. The summed E-state index contributed by atoms with van der Waals surface area (Å²) in [7, 11) is 0. The fourth-order valence-electron chi connectivity index (χ4n) is 2.94. The molecular formula is C16H13Cl2FN4. The minimum Gasteiger partial charge on any atom is -0.354 e. The summed E-state index contributed by atoms with van der Waals surface area (Å²) in [6, 6.07) is 5.60. The average Bonchev–Trinajstić information content (AvgIpc) is 3.21. The van der Waals surface area contributed by atoms with E-state index in [-0.39, 0.29) is 0 Å². The highest BCUT2D eigenvalue weighted by molar-refractivity contribution is 6.45. The van der Waals surface area contributed by atoms with Crippen molar-refractivity contribution in [2.24, 2.45) is 0 Å². The molecule has 0 spiro atoms. The molecule has 1 fully saturated rings. The lowest BCUT2D eigenvalue weighted by molar-refractivity contribution is 0.364. The number of aromatic amines is 1. The first-order valence-corrected chi connectivity index (χ1v) is 8.06. The summed E-state index contributed by atoms with van der Waals surface area (Å²) in [5.41, 5.74) is 2.49. The minimum absolute atomic E-state index is 0.349. The molecular weight excluding hydrogens is 338 g/mol. The average molecular weight is 351 g/mol. The maximum absolute atomic E-state index is 13.6. The molecule has 0 bridgehead atoms. The van der Waals surface area contributed by atoms with E-state index in [9.17, 15) is 4.39 Å². The monoisotopic (exact) mass is 350 g/mol. The Balaban J connectivity index is 1.96. The Morgan fingerprint density at radius 3 is 2.87 bits per heavy atom. The van der Waals surface area contributed by atoms with E-state index in [1.165, 1.54) is 0 Å². The zero-order chi connectivity index (χ0) is 16.0. The van der Waals surface area contributed by atoms with Crippen LogP contribution < -0.4 is 4.90 Å². The first kappa shape index (κ1) is 14.7. The third-order valence-electron chi connectivity index (χ3n) is 4.12. The van der Waals surface area contributed by atoms with Gasteiger partial charge in [-0.1, -0.05) is 29.3 Å². The quantitative estimate of drug-likeness (QED) is 0.740. The molecule has 1 aromatic carbocycles. The van der Waals surface area contributed by atoms with Crippen LogP contribution in [0.3, 0.4) is 0 Å². The van der Waals surface area contributed by atoms with Gasteiger partial charge in [0, 0.05) is 23.7 Å². The van der Waals surface area contributed by atoms with Gasteiger partial charge in [-0.2, -0.15) is 5.10 Å². The molecule has 7 heteroatoms. The summed E-state index contributed by atoms with van der Waals surface area (Å²) in [6.07, 6.45) is 3.25. The zero-order valence-electron chi connectivity index (χ0n) is 12.1. The second kappa shape index (κ2) is 5.65. The summed E-state index contributed by atoms with van der Waals surface area (Å²) in [5, 5.41) is 8.57. The largest absolute Gasteiger partial charge is 0.354 e. The molecule has 0 aliphatic carbocycles. The van der Waals surface area contributed by atoms with Crippen LogP contribution in [0, 0.1) is 0 Å². The smallest absolute Gasteiger partial charge is 0.130 e. The Kier molecular flexibility index (Phi) is 3.62. The van der Waals surface area contributed by atoms with Crippen molar-refractivity contribution in [2.75, 3.05) is 18.0 Å². The second-order valence-corrected chi connectivity index (χ2v) is 6.39. The normalized spacial score (nSPS) is 18.0. The molecule has 1 aliphatic heterocycles. The number of pyridine rings is 1. The molecule has 1 saturated heterocycles. The highest BCUT2D eigenvalue weighted by atomic mass is 35.5. The number of anilines is 1. The number of nitrogens with zero attached hydrogens (tertiary/aromatic N) is 3. The standard InChI is InChI=1S/C16H13Cl2FN4/c17-13-2-1-11-12(9-6-20-21-7-9)5-14(22-16(11)15(13)18)23-4-3-10(19)8-23/h1-2,5-7,10H,3-4,8H2,(H,20,21). The van der Waals surface area contributed by atoms with Crippen molar-refractivity contribution in [3.05, 3.63) is 40.6 Å². The fraction of sp³-hybridized carbons (Fsp3) is 0.250. The van der Waals surface area contributed by atoms with E-state index in [1.807, 2.05) is 23.2 Å². The predicted octanol–water partition coefficient (Wildman–Crippen LogP) is 4.48. The first-order valence-electron chi connectivity index (χ1n) is 7.30. The molecule has 0 radical (unpaired) electrons. The van der Waals surface area contributed by atoms with E-state index >= 15 is 0 Å². The number of hydrogen-bond acceptors (Lipinski definition) is 3. The highest BCUT2D eigenvalue weighted by Crippen LogP contribution is 2.37. The van der Waals surface area contributed by atoms with Gasteiger partial charge >= 0.3 is 0 Å². The summed E-state index contributed by atoms with van der Waals surface area (Å²) >= 11 is 12.5. The first-order chi connectivity index (χ1) is 11.1. The van der Waals surface area contributed by atoms with Crippen molar-refractivity contribution >= 4 is 39.9 Å². The zero-order valence-corrected chi connectivity index (χ0v) is 13.6. The molecule has 0 amide bonds. The lowest BCUT2D eigenvalue weighted by Crippen LogP contribution is -2.21. The van der Waals surface area contributed by atoms with Crippen LogP contribution in [0.2, 0.25) is 10.0 Å². The molecule has 1 N–H and O–H groups in total. The summed E-state index contributed by atoms with van der Waals surface area (Å²) in [4.78, 5) is 6.57. The number of nitrogens with one attached hydrogen (secondary N) is 1. The Bertz CT molecular complexity index is 866. The third-order valence-corrected chi connectivity index (χ3v) is 4.92. The molecule has 1 unspecified atom stereocenters. The number of aromatic nitrogens is 3. The van der Waals surface area contributed by atoms with Gasteiger partial charge in [0.1, 0.15) is 12.0 Å². The summed E-state index contributed by atoms with van der Waals surface area (Å²) < 4.78 is 13.6. The van der Waals surface area contributed by atoms with Crippen molar-refractivity contribution in [1.29, 1.82) is 0 Å². The van der Waals surface area contributed by atoms with Gasteiger partial charge in [0.05, 0.1) is 28.3 Å². The van der Waals surface area contributed by atoms with Gasteiger partial charge in [-0.3, -0.25) is 5.10 Å². The lowest BCUT2D eigenvalue weighted by atomic mass is 10.0. The van der Waals surface area contributed by atoms with Crippen molar-refractivity contribution < 1.29 is 4.39 Å². The SMILES string of the molecule is FC1CCN(c2cc(-c3cn[nH]c3)c3ccc(Cl)c(Cl)c3n2)C1. The number of halogens is 3. The predicted molar refractivity (Wildman–Crippen MR) is 91.1 cm³/mol. The maximum Gasteiger partial charge on any atom is 0.130 e. The number of benzene rings is 1. The molecule has 118 valence electrons. The van der Waals surface area contributed by atoms with Crippen LogP contribution in [-0.4, -0.2) is 34.4 Å². The molecule has 23 heavy (non-hydrogen) atoms. The second-order valence-electron chi connectivity index (χ2n) is 5.60. The van der Waals surface area contributed by atoms with Crippen LogP contribution in [0.1, 0.15) is 6.42 Å². The van der Waals surface area contributed by atoms with Crippen LogP contribution in [0.5, 0.6) is 0 Å². The molecule has 3 heterocycles. The van der Waals surface area contributed by atoms with Crippen LogP contribution in [0.15, 0.2) is 30.6 Å². The number of rotatable bonds is 2. The van der Waals surface area contributed by atoms with Gasteiger partial charge in [-0.25, -0.2) is 9.37 Å². The molecule has 1 aliphatic rings. The van der Waals surface area contributed by atoms with E-state index in [0.717, 1.165) is 16.5 Å². The van der Waals surface area contributed by atoms with Gasteiger partial charge in [0.15, 0.2) is 0 Å². The van der Waals surface area contributed by atoms with Gasteiger partial charge in [0.25, 0.3) is 0 Å². The molecule has 4 rings (SSSR count). The summed E-state index contributed by atoms with van der Waals surface area (Å²) in [6.45, 7) is 0.990. The lowest BCUT2D eigenvalue weighted by Gasteiger charge is -2.19.